The van der Waals surface area contributed by atoms with Crippen molar-refractivity contribution in [3.8, 4) is 0 Å². The van der Waals surface area contributed by atoms with E-state index < -0.39 is 58.4 Å². The van der Waals surface area contributed by atoms with Crippen molar-refractivity contribution in [2.75, 3.05) is 13.2 Å². The highest BCUT2D eigenvalue weighted by molar-refractivity contribution is 6.05. The molecule has 0 aromatic carbocycles. The third-order valence-electron chi connectivity index (χ3n) is 9.50. The Balaban J connectivity index is 1.58. The van der Waals surface area contributed by atoms with Gasteiger partial charge in [-0.25, -0.2) is 4.39 Å². The highest BCUT2D eigenvalue weighted by Gasteiger charge is 2.79. The minimum atomic E-state index is -1.92. The molecule has 8 heteroatoms. The number of aliphatic hydroxyl groups excluding tert-OH is 2. The molecule has 0 spiro atoms. The number of ketones is 1. The molecule has 0 aromatic heterocycles. The number of halogens is 1. The first-order valence-electron chi connectivity index (χ1n) is 12.4. The number of carbonyl (C=O) groups is 1. The Labute approximate surface area is 200 Å². The number of hydrogen-bond acceptors (Lipinski definition) is 7. The zero-order valence-corrected chi connectivity index (χ0v) is 20.6. The Morgan fingerprint density at radius 2 is 2.03 bits per heavy atom. The van der Waals surface area contributed by atoms with Crippen molar-refractivity contribution >= 4 is 11.5 Å². The second-order valence-electron chi connectivity index (χ2n) is 11.5. The predicted molar refractivity (Wildman–Crippen MR) is 123 cm³/mol. The number of carbonyl (C=O) groups excluding carboxylic acids is 1. The van der Waals surface area contributed by atoms with Gasteiger partial charge >= 0.3 is 0 Å². The standard InChI is InChI=1S/C26H36FNO6/c1-6-32-28-16-9-10-23(4)15(11-16)7-8-17-18-12-21-26(20(31)14-29,34-22(2,3)33-21)24(18,5)13-19(30)25(17,23)27/h9-11,17-19,21,29-30H,6-8,12-14H2,1-5H3/b28-16-/t17-,18-,19-,21+,23-,24-,25-,26+/m0/s1. The average Bonchev–Trinajstić information content (AvgIpc) is 3.18. The van der Waals surface area contributed by atoms with Gasteiger partial charge in [-0.1, -0.05) is 23.7 Å². The van der Waals surface area contributed by atoms with E-state index in [0.29, 0.717) is 31.6 Å². The molecule has 1 saturated heterocycles. The summed E-state index contributed by atoms with van der Waals surface area (Å²) in [4.78, 5) is 18.4. The molecule has 5 aliphatic rings. The number of alkyl halides is 1. The Morgan fingerprint density at radius 1 is 1.29 bits per heavy atom. The lowest BCUT2D eigenvalue weighted by molar-refractivity contribution is -0.246. The number of nitrogens with zero attached hydrogens (tertiary/aromatic N) is 1. The van der Waals surface area contributed by atoms with E-state index in [0.717, 1.165) is 5.57 Å². The number of oxime groups is 1. The minimum Gasteiger partial charge on any atom is -0.396 e. The van der Waals surface area contributed by atoms with E-state index in [-0.39, 0.29) is 12.3 Å². The number of rotatable bonds is 4. The molecule has 7 nitrogen and oxygen atoms in total. The number of hydrogen-bond donors (Lipinski definition) is 2. The molecule has 1 heterocycles. The fourth-order valence-corrected chi connectivity index (χ4v) is 8.13. The molecule has 0 bridgehead atoms. The van der Waals surface area contributed by atoms with Crippen molar-refractivity contribution in [1.82, 2.24) is 0 Å². The van der Waals surface area contributed by atoms with E-state index >= 15 is 4.39 Å². The summed E-state index contributed by atoms with van der Waals surface area (Å²) >= 11 is 0. The van der Waals surface area contributed by atoms with E-state index in [1.807, 2.05) is 32.9 Å². The van der Waals surface area contributed by atoms with Crippen molar-refractivity contribution in [3.05, 3.63) is 23.8 Å². The molecule has 0 unspecified atom stereocenters. The molecule has 1 aliphatic heterocycles. The van der Waals surface area contributed by atoms with Crippen LogP contribution in [0.4, 0.5) is 4.39 Å². The van der Waals surface area contributed by atoms with Crippen LogP contribution in [0.5, 0.6) is 0 Å². The van der Waals surface area contributed by atoms with Gasteiger partial charge in [0.25, 0.3) is 0 Å². The zero-order valence-electron chi connectivity index (χ0n) is 20.6. The Morgan fingerprint density at radius 3 is 2.71 bits per heavy atom. The molecule has 188 valence electrons. The van der Waals surface area contributed by atoms with Crippen molar-refractivity contribution in [1.29, 1.82) is 0 Å². The van der Waals surface area contributed by atoms with Crippen molar-refractivity contribution in [2.45, 2.75) is 89.6 Å². The second kappa shape index (κ2) is 7.45. The van der Waals surface area contributed by atoms with Crippen LogP contribution in [-0.4, -0.2) is 64.2 Å². The van der Waals surface area contributed by atoms with E-state index in [4.69, 9.17) is 14.3 Å². The summed E-state index contributed by atoms with van der Waals surface area (Å²) in [6.45, 7) is 8.88. The minimum absolute atomic E-state index is 0.0446. The maximum Gasteiger partial charge on any atom is 0.193 e. The number of Topliss-reactive ketones (excluding diaryl/α,β-unsaturated/α-hetero) is 1. The van der Waals surface area contributed by atoms with Gasteiger partial charge < -0.3 is 24.5 Å². The highest BCUT2D eigenvalue weighted by atomic mass is 19.1. The largest absolute Gasteiger partial charge is 0.396 e. The van der Waals surface area contributed by atoms with E-state index in [1.54, 1.807) is 19.9 Å². The predicted octanol–water partition coefficient (Wildman–Crippen LogP) is 3.24. The highest BCUT2D eigenvalue weighted by Crippen LogP contribution is 2.72. The van der Waals surface area contributed by atoms with Gasteiger partial charge in [-0.2, -0.15) is 0 Å². The third-order valence-corrected chi connectivity index (χ3v) is 9.50. The molecule has 4 fully saturated rings. The molecule has 3 saturated carbocycles. The van der Waals surface area contributed by atoms with Gasteiger partial charge in [0.05, 0.1) is 12.2 Å². The number of fused-ring (bicyclic) bond motifs is 7. The van der Waals surface area contributed by atoms with Gasteiger partial charge in [0, 0.05) is 16.7 Å². The second-order valence-corrected chi connectivity index (χ2v) is 11.5. The topological polar surface area (TPSA) is 97.6 Å². The molecule has 2 N–H and O–H groups in total. The summed E-state index contributed by atoms with van der Waals surface area (Å²) in [5, 5.41) is 25.5. The molecule has 0 amide bonds. The first-order chi connectivity index (χ1) is 15.9. The molecule has 0 aromatic rings. The monoisotopic (exact) mass is 477 g/mol. The van der Waals surface area contributed by atoms with Crippen LogP contribution in [-0.2, 0) is 19.1 Å². The summed E-state index contributed by atoms with van der Waals surface area (Å²) in [5.74, 6) is -2.20. The fraction of sp³-hybridized carbons (Fsp3) is 0.769. The molecule has 34 heavy (non-hydrogen) atoms. The lowest BCUT2D eigenvalue weighted by Crippen LogP contribution is -2.70. The average molecular weight is 478 g/mol. The zero-order chi connectivity index (χ0) is 24.7. The van der Waals surface area contributed by atoms with Crippen molar-refractivity contribution in [2.24, 2.45) is 27.8 Å². The van der Waals surface area contributed by atoms with Gasteiger partial charge in [-0.3, -0.25) is 4.79 Å². The SMILES string of the molecule is CCO/N=C1/C=C[C@@]2(C)C(=C1)CC[C@H]1[C@@H]3C[C@H]4OC(C)(C)O[C@@]4(C(=O)CO)[C@@]3(C)C[C@H](O)[C@@]12F. The first-order valence-corrected chi connectivity index (χ1v) is 12.4. The summed E-state index contributed by atoms with van der Waals surface area (Å²) in [6.07, 6.45) is 5.22. The van der Waals surface area contributed by atoms with Gasteiger partial charge in [-0.15, -0.1) is 0 Å². The van der Waals surface area contributed by atoms with E-state index in [2.05, 4.69) is 5.16 Å². The summed E-state index contributed by atoms with van der Waals surface area (Å²) < 4.78 is 29.9. The van der Waals surface area contributed by atoms with Crippen LogP contribution >= 0.6 is 0 Å². The van der Waals surface area contributed by atoms with Crippen LogP contribution in [0, 0.1) is 22.7 Å². The van der Waals surface area contributed by atoms with Crippen molar-refractivity contribution in [3.63, 3.8) is 0 Å². The fourth-order valence-electron chi connectivity index (χ4n) is 8.13. The van der Waals surface area contributed by atoms with Crippen LogP contribution in [0.25, 0.3) is 0 Å². The molecule has 8 atom stereocenters. The van der Waals surface area contributed by atoms with Gasteiger partial charge in [0.1, 0.15) is 18.9 Å². The molecular weight excluding hydrogens is 441 g/mol. The normalized spacial score (nSPS) is 49.6. The maximum absolute atomic E-state index is 17.4. The van der Waals surface area contributed by atoms with Crippen LogP contribution in [0.2, 0.25) is 0 Å². The lowest BCUT2D eigenvalue weighted by Gasteiger charge is -2.62. The summed E-state index contributed by atoms with van der Waals surface area (Å²) in [5.41, 5.74) is -3.68. The smallest absolute Gasteiger partial charge is 0.193 e. The van der Waals surface area contributed by atoms with Gasteiger partial charge in [-0.05, 0) is 71.4 Å². The Hall–Kier alpha value is -1.61. The molecule has 4 aliphatic carbocycles. The number of allylic oxidation sites excluding steroid dienone is 4. The van der Waals surface area contributed by atoms with Crippen LogP contribution < -0.4 is 0 Å². The number of aliphatic hydroxyl groups is 2. The van der Waals surface area contributed by atoms with Crippen molar-refractivity contribution < 1.29 is 33.7 Å². The summed E-state index contributed by atoms with van der Waals surface area (Å²) in [7, 11) is 0. The van der Waals surface area contributed by atoms with E-state index in [1.165, 1.54) is 0 Å². The van der Waals surface area contributed by atoms with Crippen LogP contribution in [0.15, 0.2) is 29.0 Å². The first kappa shape index (κ1) is 24.1. The lowest BCUT2D eigenvalue weighted by atomic mass is 9.44. The number of ether oxygens (including phenoxy) is 2. The van der Waals surface area contributed by atoms with Crippen LogP contribution in [0.3, 0.4) is 0 Å². The van der Waals surface area contributed by atoms with Gasteiger partial charge in [0.15, 0.2) is 22.8 Å². The molecule has 0 radical (unpaired) electrons. The van der Waals surface area contributed by atoms with Crippen LogP contribution in [0.1, 0.15) is 60.3 Å². The van der Waals surface area contributed by atoms with E-state index in [9.17, 15) is 15.0 Å². The Kier molecular flexibility index (Phi) is 5.28. The maximum atomic E-state index is 17.4. The molecule has 5 rings (SSSR count). The Bertz CT molecular complexity index is 992. The third kappa shape index (κ3) is 2.77. The molecular formula is C26H36FNO6. The quantitative estimate of drug-likeness (QED) is 0.604. The van der Waals surface area contributed by atoms with Gasteiger partial charge in [0.2, 0.25) is 0 Å². The summed E-state index contributed by atoms with van der Waals surface area (Å²) in [6, 6.07) is 0.